The molecule has 1 aromatic carbocycles. The van der Waals surface area contributed by atoms with Crippen LogP contribution in [0.4, 0.5) is 0 Å². The Morgan fingerprint density at radius 2 is 2.15 bits per heavy atom. The van der Waals surface area contributed by atoms with E-state index in [1.807, 2.05) is 6.07 Å². The van der Waals surface area contributed by atoms with Crippen LogP contribution in [0.1, 0.15) is 43.7 Å². The van der Waals surface area contributed by atoms with Crippen LogP contribution in [-0.4, -0.2) is 19.0 Å². The van der Waals surface area contributed by atoms with Crippen LogP contribution in [0.15, 0.2) is 12.1 Å². The predicted molar refractivity (Wildman–Crippen MR) is 75.4 cm³/mol. The van der Waals surface area contributed by atoms with E-state index in [1.54, 1.807) is 7.11 Å². The van der Waals surface area contributed by atoms with E-state index >= 15 is 0 Å². The van der Waals surface area contributed by atoms with Crippen molar-refractivity contribution in [2.45, 2.75) is 50.5 Å². The van der Waals surface area contributed by atoms with Crippen molar-refractivity contribution in [2.75, 3.05) is 7.11 Å². The molecule has 4 rings (SSSR count). The number of ketones is 1. The number of rotatable bonds is 2. The first kappa shape index (κ1) is 12.2. The molecule has 1 aliphatic heterocycles. The molecule has 0 saturated heterocycles. The van der Waals surface area contributed by atoms with E-state index in [0.717, 1.165) is 30.8 Å². The summed E-state index contributed by atoms with van der Waals surface area (Å²) in [5, 5.41) is 0. The quantitative estimate of drug-likeness (QED) is 0.830. The molecule has 3 aliphatic rings. The molecule has 0 bridgehead atoms. The Kier molecular flexibility index (Phi) is 2.45. The second kappa shape index (κ2) is 4.00. The van der Waals surface area contributed by atoms with Gasteiger partial charge in [0.25, 0.3) is 0 Å². The van der Waals surface area contributed by atoms with Gasteiger partial charge in [-0.2, -0.15) is 0 Å². The van der Waals surface area contributed by atoms with E-state index in [4.69, 9.17) is 9.47 Å². The molecule has 0 radical (unpaired) electrons. The lowest BCUT2D eigenvalue weighted by Gasteiger charge is -2.46. The van der Waals surface area contributed by atoms with Crippen LogP contribution in [0.25, 0.3) is 0 Å². The highest BCUT2D eigenvalue weighted by Gasteiger charge is 2.60. The van der Waals surface area contributed by atoms with Gasteiger partial charge >= 0.3 is 0 Å². The maximum absolute atomic E-state index is 12.4. The van der Waals surface area contributed by atoms with Gasteiger partial charge in [-0.15, -0.1) is 0 Å². The number of hydrogen-bond acceptors (Lipinski definition) is 3. The zero-order valence-corrected chi connectivity index (χ0v) is 12.1. The molecule has 0 spiro atoms. The molecular formula is C17H20O3. The average Bonchev–Trinajstić information content (AvgIpc) is 2.85. The van der Waals surface area contributed by atoms with Crippen LogP contribution in [0.5, 0.6) is 11.5 Å². The van der Waals surface area contributed by atoms with Crippen LogP contribution < -0.4 is 9.47 Å². The highest BCUT2D eigenvalue weighted by molar-refractivity contribution is 5.88. The second-order valence-electron chi connectivity index (χ2n) is 6.26. The number of ether oxygens (including phenoxy) is 2. The lowest BCUT2D eigenvalue weighted by molar-refractivity contribution is -0.133. The third-order valence-electron chi connectivity index (χ3n) is 5.70. The van der Waals surface area contributed by atoms with Gasteiger partial charge in [0.15, 0.2) is 23.4 Å². The molecule has 20 heavy (non-hydrogen) atoms. The summed E-state index contributed by atoms with van der Waals surface area (Å²) < 4.78 is 11.6. The molecular weight excluding hydrogens is 252 g/mol. The number of methoxy groups -OCH3 is 1. The summed E-state index contributed by atoms with van der Waals surface area (Å²) in [6, 6.07) is 4.15. The van der Waals surface area contributed by atoms with E-state index < -0.39 is 0 Å². The van der Waals surface area contributed by atoms with E-state index in [2.05, 4.69) is 13.0 Å². The molecule has 106 valence electrons. The average molecular weight is 272 g/mol. The molecule has 0 unspecified atom stereocenters. The largest absolute Gasteiger partial charge is 0.493 e. The van der Waals surface area contributed by atoms with Gasteiger partial charge in [-0.1, -0.05) is 13.0 Å². The first-order chi connectivity index (χ1) is 9.72. The third-order valence-corrected chi connectivity index (χ3v) is 5.70. The lowest BCUT2D eigenvalue weighted by Crippen LogP contribution is -2.53. The van der Waals surface area contributed by atoms with Crippen molar-refractivity contribution < 1.29 is 14.3 Å². The highest BCUT2D eigenvalue weighted by Crippen LogP contribution is 2.60. The van der Waals surface area contributed by atoms with Crippen LogP contribution in [0.2, 0.25) is 0 Å². The van der Waals surface area contributed by atoms with Crippen molar-refractivity contribution in [2.24, 2.45) is 5.92 Å². The van der Waals surface area contributed by atoms with Crippen molar-refractivity contribution >= 4 is 5.78 Å². The van der Waals surface area contributed by atoms with Gasteiger partial charge in [0, 0.05) is 17.4 Å². The fraction of sp³-hybridized carbons (Fsp3) is 0.588. The van der Waals surface area contributed by atoms with Gasteiger partial charge in [0.05, 0.1) is 7.11 Å². The fourth-order valence-electron chi connectivity index (χ4n) is 4.81. The lowest BCUT2D eigenvalue weighted by atomic mass is 9.55. The summed E-state index contributed by atoms with van der Waals surface area (Å²) in [7, 11) is 1.67. The van der Waals surface area contributed by atoms with Gasteiger partial charge in [-0.05, 0) is 43.2 Å². The normalized spacial score (nSPS) is 33.6. The molecule has 3 heteroatoms. The van der Waals surface area contributed by atoms with Crippen molar-refractivity contribution in [1.82, 2.24) is 0 Å². The van der Waals surface area contributed by atoms with Crippen LogP contribution >= 0.6 is 0 Å². The third kappa shape index (κ3) is 1.24. The molecule has 1 fully saturated rings. The first-order valence-electron chi connectivity index (χ1n) is 7.62. The van der Waals surface area contributed by atoms with Crippen LogP contribution in [0.3, 0.4) is 0 Å². The van der Waals surface area contributed by atoms with Crippen LogP contribution in [0, 0.1) is 5.92 Å². The molecule has 0 N–H and O–H groups in total. The minimum atomic E-state index is -0.281. The Morgan fingerprint density at radius 3 is 2.90 bits per heavy atom. The molecule has 3 nitrogen and oxygen atoms in total. The molecule has 2 aliphatic carbocycles. The van der Waals surface area contributed by atoms with Crippen LogP contribution in [-0.2, 0) is 16.6 Å². The Morgan fingerprint density at radius 1 is 1.35 bits per heavy atom. The summed E-state index contributed by atoms with van der Waals surface area (Å²) in [5.74, 6) is 2.47. The van der Waals surface area contributed by atoms with Crippen molar-refractivity contribution in [1.29, 1.82) is 0 Å². The molecule has 1 saturated carbocycles. The fourth-order valence-corrected chi connectivity index (χ4v) is 4.81. The standard InChI is InChI=1S/C17H20O3/c1-3-17-11-6-4-10-5-9-13(19-2)15(14(10)17)20-16(17)12(18)8-7-11/h5,9,11,16H,3-4,6-8H2,1-2H3/t11-,16+,17+/m1/s1. The summed E-state index contributed by atoms with van der Waals surface area (Å²) in [4.78, 5) is 12.4. The number of benzene rings is 1. The predicted octanol–water partition coefficient (Wildman–Crippen LogP) is 3.03. The number of hydrogen-bond donors (Lipinski definition) is 0. The molecule has 0 aromatic heterocycles. The van der Waals surface area contributed by atoms with E-state index in [0.29, 0.717) is 12.3 Å². The van der Waals surface area contributed by atoms with Gasteiger partial charge in [-0.25, -0.2) is 0 Å². The Bertz CT molecular complexity index is 592. The number of aryl methyl sites for hydroxylation is 1. The maximum Gasteiger partial charge on any atom is 0.174 e. The Hall–Kier alpha value is -1.51. The van der Waals surface area contributed by atoms with Crippen molar-refractivity contribution in [3.63, 3.8) is 0 Å². The van der Waals surface area contributed by atoms with Gasteiger partial charge in [0.2, 0.25) is 0 Å². The topological polar surface area (TPSA) is 35.5 Å². The number of Topliss-reactive ketones (excluding diaryl/α,β-unsaturated/α-hetero) is 1. The maximum atomic E-state index is 12.4. The first-order valence-corrected chi connectivity index (χ1v) is 7.62. The Balaban J connectivity index is 2.01. The summed E-state index contributed by atoms with van der Waals surface area (Å²) in [6.07, 6.45) is 4.66. The number of carbonyl (C=O) groups excluding carboxylic acids is 1. The Labute approximate surface area is 119 Å². The zero-order chi connectivity index (χ0) is 13.9. The van der Waals surface area contributed by atoms with Gasteiger partial charge < -0.3 is 9.47 Å². The summed E-state index contributed by atoms with van der Waals surface area (Å²) in [6.45, 7) is 2.20. The molecule has 3 atom stereocenters. The zero-order valence-electron chi connectivity index (χ0n) is 12.1. The van der Waals surface area contributed by atoms with E-state index in [1.165, 1.54) is 17.5 Å². The summed E-state index contributed by atoms with van der Waals surface area (Å²) in [5.41, 5.74) is 2.55. The molecule has 1 aromatic rings. The number of carbonyl (C=O) groups is 1. The summed E-state index contributed by atoms with van der Waals surface area (Å²) >= 11 is 0. The van der Waals surface area contributed by atoms with Crippen molar-refractivity contribution in [3.8, 4) is 11.5 Å². The van der Waals surface area contributed by atoms with Crippen molar-refractivity contribution in [3.05, 3.63) is 23.3 Å². The minimum Gasteiger partial charge on any atom is -0.493 e. The highest BCUT2D eigenvalue weighted by atomic mass is 16.5. The monoisotopic (exact) mass is 272 g/mol. The SMILES string of the molecule is CC[C@]12c3c4ccc(OC)c3O[C@H]1C(=O)CC[C@H]2CC4. The smallest absolute Gasteiger partial charge is 0.174 e. The van der Waals surface area contributed by atoms with Gasteiger partial charge in [-0.3, -0.25) is 4.79 Å². The molecule has 1 heterocycles. The van der Waals surface area contributed by atoms with E-state index in [9.17, 15) is 4.79 Å². The van der Waals surface area contributed by atoms with E-state index in [-0.39, 0.29) is 17.3 Å². The molecule has 0 amide bonds. The second-order valence-corrected chi connectivity index (χ2v) is 6.26. The minimum absolute atomic E-state index is 0.0905. The van der Waals surface area contributed by atoms with Gasteiger partial charge in [0.1, 0.15) is 0 Å².